The van der Waals surface area contributed by atoms with Crippen molar-refractivity contribution in [1.82, 2.24) is 9.55 Å². The van der Waals surface area contributed by atoms with E-state index in [4.69, 9.17) is 11.6 Å². The number of hydrogen-bond donors (Lipinski definition) is 1. The van der Waals surface area contributed by atoms with Crippen LogP contribution in [0.1, 0.15) is 11.4 Å². The molecule has 0 aliphatic carbocycles. The van der Waals surface area contributed by atoms with Gasteiger partial charge in [0.2, 0.25) is 0 Å². The first-order chi connectivity index (χ1) is 12.4. The molecule has 136 valence electrons. The largest absolute Gasteiger partial charge is 0.431 e. The molecule has 0 saturated carbocycles. The molecule has 4 nitrogen and oxygen atoms in total. The number of benzene rings is 2. The molecule has 9 heteroatoms. The van der Waals surface area contributed by atoms with Gasteiger partial charge in [0.15, 0.2) is 11.6 Å². The lowest BCUT2D eigenvalue weighted by atomic mass is 10.1. The lowest BCUT2D eigenvalue weighted by Gasteiger charge is -2.22. The van der Waals surface area contributed by atoms with Gasteiger partial charge in [-0.15, -0.1) is 0 Å². The first-order valence-corrected chi connectivity index (χ1v) is 8.95. The third kappa shape index (κ3) is 3.01. The van der Waals surface area contributed by atoms with Gasteiger partial charge in [-0.1, -0.05) is 11.6 Å². The lowest BCUT2D eigenvalue weighted by molar-refractivity contribution is -0.0528. The Hall–Kier alpha value is -1.93. The van der Waals surface area contributed by atoms with Crippen LogP contribution in [0, 0.1) is 5.82 Å². The normalized spacial score (nSPS) is 13.8. The van der Waals surface area contributed by atoms with Crippen LogP contribution < -0.4 is 10.1 Å². The molecule has 0 saturated heterocycles. The Labute approximate surface area is 160 Å². The molecule has 26 heavy (non-hydrogen) atoms. The molecule has 4 rings (SSSR count). The van der Waals surface area contributed by atoms with Crippen molar-refractivity contribution in [2.75, 3.05) is 11.9 Å². The minimum absolute atomic E-state index is 0.118. The molecule has 1 aliphatic rings. The summed E-state index contributed by atoms with van der Waals surface area (Å²) in [5, 5.41) is 3.69. The summed E-state index contributed by atoms with van der Waals surface area (Å²) >= 11 is 9.39. The summed E-state index contributed by atoms with van der Waals surface area (Å²) in [4.78, 5) is 4.57. The van der Waals surface area contributed by atoms with Crippen molar-refractivity contribution in [1.29, 1.82) is 0 Å². The smallest absolute Gasteiger partial charge is 0.387 e. The van der Waals surface area contributed by atoms with Crippen LogP contribution in [-0.2, 0) is 13.0 Å². The van der Waals surface area contributed by atoms with Crippen molar-refractivity contribution in [2.45, 2.75) is 19.6 Å². The molecule has 1 aromatic heterocycles. The second-order valence-electron chi connectivity index (χ2n) is 5.83. The minimum atomic E-state index is -3.13. The number of halogens is 5. The first-order valence-electron chi connectivity index (χ1n) is 7.78. The number of aromatic nitrogens is 2. The number of alkyl halides is 2. The zero-order chi connectivity index (χ0) is 18.4. The number of imidazole rings is 1. The maximum atomic E-state index is 14.4. The molecule has 0 atom stereocenters. The van der Waals surface area contributed by atoms with Gasteiger partial charge in [0.25, 0.3) is 0 Å². The summed E-state index contributed by atoms with van der Waals surface area (Å²) < 4.78 is 46.8. The van der Waals surface area contributed by atoms with E-state index < -0.39 is 18.2 Å². The predicted molar refractivity (Wildman–Crippen MR) is 96.8 cm³/mol. The predicted octanol–water partition coefficient (Wildman–Crippen LogP) is 5.21. The van der Waals surface area contributed by atoms with Crippen LogP contribution in [0.4, 0.5) is 18.9 Å². The first kappa shape index (κ1) is 17.5. The average Bonchev–Trinajstić information content (AvgIpc) is 2.87. The second kappa shape index (κ2) is 6.66. The van der Waals surface area contributed by atoms with Gasteiger partial charge in [-0.05, 0) is 40.2 Å². The molecular formula is C17H12BrClF3N3O. The minimum Gasteiger partial charge on any atom is -0.431 e. The Bertz CT molecular complexity index is 1010. The molecule has 0 amide bonds. The number of anilines is 1. The van der Waals surface area contributed by atoms with E-state index in [2.05, 4.69) is 31.0 Å². The third-order valence-corrected chi connectivity index (χ3v) is 5.11. The van der Waals surface area contributed by atoms with Crippen molar-refractivity contribution < 1.29 is 17.9 Å². The summed E-state index contributed by atoms with van der Waals surface area (Å²) in [6.07, 6.45) is 0.612. The van der Waals surface area contributed by atoms with Crippen LogP contribution in [0.2, 0.25) is 5.02 Å². The van der Waals surface area contributed by atoms with Crippen molar-refractivity contribution in [3.05, 3.63) is 51.0 Å². The summed E-state index contributed by atoms with van der Waals surface area (Å²) in [5.74, 6) is -0.575. The standard InChI is InChI=1S/C17H12BrClF3N3O/c18-10-6-11(20)16(26-17(21)22)9-7-25-13-5-8(19)1-2-12(13)24-14(25)3-4-23-15(9)10/h1-2,5-6,17,23H,3-4,7H2. The highest BCUT2D eigenvalue weighted by Gasteiger charge is 2.25. The number of fused-ring (bicyclic) bond motifs is 4. The second-order valence-corrected chi connectivity index (χ2v) is 7.12. The molecule has 0 radical (unpaired) electrons. The fourth-order valence-electron chi connectivity index (χ4n) is 3.18. The zero-order valence-corrected chi connectivity index (χ0v) is 15.5. The van der Waals surface area contributed by atoms with Crippen LogP contribution in [-0.4, -0.2) is 22.7 Å². The number of rotatable bonds is 2. The van der Waals surface area contributed by atoms with E-state index >= 15 is 0 Å². The van der Waals surface area contributed by atoms with Crippen LogP contribution in [0.3, 0.4) is 0 Å². The van der Waals surface area contributed by atoms with Crippen molar-refractivity contribution >= 4 is 44.3 Å². The van der Waals surface area contributed by atoms with Gasteiger partial charge in [0.05, 0.1) is 23.3 Å². The van der Waals surface area contributed by atoms with E-state index in [9.17, 15) is 13.2 Å². The Balaban J connectivity index is 1.94. The Morgan fingerprint density at radius 3 is 2.88 bits per heavy atom. The topological polar surface area (TPSA) is 39.1 Å². The van der Waals surface area contributed by atoms with Gasteiger partial charge < -0.3 is 14.6 Å². The molecule has 0 spiro atoms. The highest BCUT2D eigenvalue weighted by molar-refractivity contribution is 9.10. The number of nitrogens with one attached hydrogen (secondary N) is 1. The van der Waals surface area contributed by atoms with Crippen molar-refractivity contribution in [2.24, 2.45) is 0 Å². The molecule has 0 fully saturated rings. The zero-order valence-electron chi connectivity index (χ0n) is 13.2. The van der Waals surface area contributed by atoms with Crippen molar-refractivity contribution in [3.8, 4) is 5.75 Å². The molecular weight excluding hydrogens is 435 g/mol. The van der Waals surface area contributed by atoms with Crippen LogP contribution in [0.5, 0.6) is 5.75 Å². The van der Waals surface area contributed by atoms with Gasteiger partial charge in [-0.3, -0.25) is 0 Å². The Morgan fingerprint density at radius 2 is 2.12 bits per heavy atom. The van der Waals surface area contributed by atoms with Crippen LogP contribution in [0.15, 0.2) is 28.7 Å². The highest BCUT2D eigenvalue weighted by atomic mass is 79.9. The Kier molecular flexibility index (Phi) is 4.48. The van der Waals surface area contributed by atoms with Gasteiger partial charge in [0, 0.05) is 28.0 Å². The third-order valence-electron chi connectivity index (χ3n) is 4.25. The van der Waals surface area contributed by atoms with E-state index in [1.807, 2.05) is 4.57 Å². The van der Waals surface area contributed by atoms with E-state index in [1.54, 1.807) is 18.2 Å². The van der Waals surface area contributed by atoms with E-state index in [1.165, 1.54) is 0 Å². The van der Waals surface area contributed by atoms with E-state index in [0.717, 1.165) is 22.9 Å². The highest BCUT2D eigenvalue weighted by Crippen LogP contribution is 2.39. The van der Waals surface area contributed by atoms with Gasteiger partial charge >= 0.3 is 6.61 Å². The molecule has 3 aromatic rings. The maximum absolute atomic E-state index is 14.4. The molecule has 1 N–H and O–H groups in total. The van der Waals surface area contributed by atoms with Gasteiger partial charge in [-0.25, -0.2) is 9.37 Å². The fraction of sp³-hybridized carbons (Fsp3) is 0.235. The number of hydrogen-bond acceptors (Lipinski definition) is 3. The fourth-order valence-corrected chi connectivity index (χ4v) is 3.93. The SMILES string of the molecule is Fc1cc(Br)c2c(c1OC(F)F)Cn1c(nc3ccc(Cl)cc31)CCN2. The van der Waals surface area contributed by atoms with Crippen LogP contribution in [0.25, 0.3) is 11.0 Å². The van der Waals surface area contributed by atoms with Crippen LogP contribution >= 0.6 is 27.5 Å². The average molecular weight is 447 g/mol. The summed E-state index contributed by atoms with van der Waals surface area (Å²) in [7, 11) is 0. The molecule has 1 aliphatic heterocycles. The molecule has 0 bridgehead atoms. The number of nitrogens with zero attached hydrogens (tertiary/aromatic N) is 2. The summed E-state index contributed by atoms with van der Waals surface area (Å²) in [6, 6.07) is 6.40. The maximum Gasteiger partial charge on any atom is 0.387 e. The lowest BCUT2D eigenvalue weighted by Crippen LogP contribution is -2.19. The van der Waals surface area contributed by atoms with E-state index in [0.29, 0.717) is 28.1 Å². The van der Waals surface area contributed by atoms with Crippen molar-refractivity contribution in [3.63, 3.8) is 0 Å². The Morgan fingerprint density at radius 1 is 1.31 bits per heavy atom. The summed E-state index contributed by atoms with van der Waals surface area (Å²) in [6.45, 7) is -2.51. The monoisotopic (exact) mass is 445 g/mol. The quantitative estimate of drug-likeness (QED) is 0.587. The van der Waals surface area contributed by atoms with Gasteiger partial charge in [-0.2, -0.15) is 8.78 Å². The van der Waals surface area contributed by atoms with E-state index in [-0.39, 0.29) is 12.1 Å². The van der Waals surface area contributed by atoms with Gasteiger partial charge in [0.1, 0.15) is 5.82 Å². The molecule has 0 unspecified atom stereocenters. The summed E-state index contributed by atoms with van der Waals surface area (Å²) in [5.41, 5.74) is 2.30. The molecule has 2 aromatic carbocycles. The molecule has 2 heterocycles. The number of ether oxygens (including phenoxy) is 1.